The Kier molecular flexibility index (Phi) is 4.82. The first-order valence-electron chi connectivity index (χ1n) is 5.94. The van der Waals surface area contributed by atoms with E-state index in [4.69, 9.17) is 9.47 Å². The monoisotopic (exact) mass is 237 g/mol. The van der Waals surface area contributed by atoms with Crippen molar-refractivity contribution >= 4 is 0 Å². The van der Waals surface area contributed by atoms with Gasteiger partial charge in [-0.2, -0.15) is 0 Å². The SMILES string of the molecule is CNC(c1cc(OC)c(OC)cc1C)C(C)C. The van der Waals surface area contributed by atoms with Gasteiger partial charge in [-0.05, 0) is 43.1 Å². The van der Waals surface area contributed by atoms with Gasteiger partial charge in [0.2, 0.25) is 0 Å². The molecule has 96 valence electrons. The predicted molar refractivity (Wildman–Crippen MR) is 70.9 cm³/mol. The van der Waals surface area contributed by atoms with Crippen molar-refractivity contribution in [3.8, 4) is 11.5 Å². The van der Waals surface area contributed by atoms with Gasteiger partial charge in [0.1, 0.15) is 0 Å². The van der Waals surface area contributed by atoms with Crippen molar-refractivity contribution in [2.75, 3.05) is 21.3 Å². The van der Waals surface area contributed by atoms with E-state index in [-0.39, 0.29) is 0 Å². The van der Waals surface area contributed by atoms with Crippen molar-refractivity contribution in [3.63, 3.8) is 0 Å². The van der Waals surface area contributed by atoms with Crippen LogP contribution in [0.1, 0.15) is 31.0 Å². The van der Waals surface area contributed by atoms with Crippen LogP contribution < -0.4 is 14.8 Å². The number of rotatable bonds is 5. The third kappa shape index (κ3) is 2.91. The molecule has 0 amide bonds. The van der Waals surface area contributed by atoms with E-state index in [9.17, 15) is 0 Å². The normalized spacial score (nSPS) is 12.6. The lowest BCUT2D eigenvalue weighted by Crippen LogP contribution is -2.22. The van der Waals surface area contributed by atoms with Gasteiger partial charge in [-0.15, -0.1) is 0 Å². The Morgan fingerprint density at radius 1 is 1.06 bits per heavy atom. The molecule has 0 aliphatic rings. The minimum Gasteiger partial charge on any atom is -0.493 e. The second kappa shape index (κ2) is 5.92. The third-order valence-electron chi connectivity index (χ3n) is 3.08. The maximum Gasteiger partial charge on any atom is 0.161 e. The smallest absolute Gasteiger partial charge is 0.161 e. The van der Waals surface area contributed by atoms with Gasteiger partial charge in [-0.1, -0.05) is 13.8 Å². The van der Waals surface area contributed by atoms with E-state index in [2.05, 4.69) is 32.2 Å². The molecule has 0 aromatic heterocycles. The highest BCUT2D eigenvalue weighted by Crippen LogP contribution is 2.34. The fraction of sp³-hybridized carbons (Fsp3) is 0.571. The Balaban J connectivity index is 3.24. The highest BCUT2D eigenvalue weighted by molar-refractivity contribution is 5.48. The summed E-state index contributed by atoms with van der Waals surface area (Å²) in [5, 5.41) is 3.35. The molecule has 17 heavy (non-hydrogen) atoms. The van der Waals surface area contributed by atoms with E-state index < -0.39 is 0 Å². The van der Waals surface area contributed by atoms with Gasteiger partial charge in [0, 0.05) is 6.04 Å². The van der Waals surface area contributed by atoms with Crippen LogP contribution in [0.15, 0.2) is 12.1 Å². The summed E-state index contributed by atoms with van der Waals surface area (Å²) in [4.78, 5) is 0. The standard InChI is InChI=1S/C14H23NO2/c1-9(2)14(15-4)11-8-13(17-6)12(16-5)7-10(11)3/h7-9,14-15H,1-6H3. The lowest BCUT2D eigenvalue weighted by atomic mass is 9.92. The van der Waals surface area contributed by atoms with Crippen LogP contribution >= 0.6 is 0 Å². The van der Waals surface area contributed by atoms with E-state index in [1.165, 1.54) is 11.1 Å². The fourth-order valence-electron chi connectivity index (χ4n) is 2.18. The summed E-state index contributed by atoms with van der Waals surface area (Å²) in [6.07, 6.45) is 0. The fourth-order valence-corrected chi connectivity index (χ4v) is 2.18. The van der Waals surface area contributed by atoms with Crippen LogP contribution in [0.4, 0.5) is 0 Å². The molecule has 0 aliphatic carbocycles. The van der Waals surface area contributed by atoms with Crippen molar-refractivity contribution in [1.82, 2.24) is 5.32 Å². The van der Waals surface area contributed by atoms with Gasteiger partial charge in [-0.3, -0.25) is 0 Å². The molecular weight excluding hydrogens is 214 g/mol. The molecule has 1 rings (SSSR count). The molecule has 0 bridgehead atoms. The van der Waals surface area contributed by atoms with E-state index in [1.54, 1.807) is 14.2 Å². The van der Waals surface area contributed by atoms with E-state index in [0.29, 0.717) is 12.0 Å². The third-order valence-corrected chi connectivity index (χ3v) is 3.08. The zero-order valence-corrected chi connectivity index (χ0v) is 11.6. The second-order valence-electron chi connectivity index (χ2n) is 4.57. The molecule has 1 N–H and O–H groups in total. The van der Waals surface area contributed by atoms with Crippen LogP contribution in [0.5, 0.6) is 11.5 Å². The first kappa shape index (κ1) is 13.8. The summed E-state index contributed by atoms with van der Waals surface area (Å²) in [7, 11) is 5.32. The molecule has 0 spiro atoms. The van der Waals surface area contributed by atoms with Gasteiger partial charge in [0.15, 0.2) is 11.5 Å². The molecule has 1 aromatic rings. The number of methoxy groups -OCH3 is 2. The highest BCUT2D eigenvalue weighted by Gasteiger charge is 2.18. The van der Waals surface area contributed by atoms with Crippen LogP contribution in [-0.2, 0) is 0 Å². The van der Waals surface area contributed by atoms with Gasteiger partial charge in [0.25, 0.3) is 0 Å². The summed E-state index contributed by atoms with van der Waals surface area (Å²) in [5.74, 6) is 2.10. The van der Waals surface area contributed by atoms with Crippen LogP contribution in [0.2, 0.25) is 0 Å². The van der Waals surface area contributed by atoms with Gasteiger partial charge in [0.05, 0.1) is 14.2 Å². The minimum atomic E-state index is 0.329. The Bertz CT molecular complexity index is 375. The summed E-state index contributed by atoms with van der Waals surface area (Å²) in [5.41, 5.74) is 2.48. The summed E-state index contributed by atoms with van der Waals surface area (Å²) < 4.78 is 10.7. The van der Waals surface area contributed by atoms with Crippen molar-refractivity contribution in [3.05, 3.63) is 23.3 Å². The van der Waals surface area contributed by atoms with Gasteiger partial charge >= 0.3 is 0 Å². The zero-order chi connectivity index (χ0) is 13.0. The summed E-state index contributed by atoms with van der Waals surface area (Å²) in [6, 6.07) is 4.42. The molecule has 0 saturated carbocycles. The lowest BCUT2D eigenvalue weighted by molar-refractivity contribution is 0.352. The van der Waals surface area contributed by atoms with Crippen LogP contribution in [0, 0.1) is 12.8 Å². The first-order chi connectivity index (χ1) is 8.04. The summed E-state index contributed by atoms with van der Waals surface area (Å²) in [6.45, 7) is 6.51. The largest absolute Gasteiger partial charge is 0.493 e. The number of nitrogens with one attached hydrogen (secondary N) is 1. The number of hydrogen-bond acceptors (Lipinski definition) is 3. The quantitative estimate of drug-likeness (QED) is 0.854. The Labute approximate surface area is 104 Å². The highest BCUT2D eigenvalue weighted by atomic mass is 16.5. The molecule has 0 aliphatic heterocycles. The molecule has 1 aromatic carbocycles. The number of benzene rings is 1. The van der Waals surface area contributed by atoms with E-state index in [0.717, 1.165) is 11.5 Å². The van der Waals surface area contributed by atoms with Gasteiger partial charge in [-0.25, -0.2) is 0 Å². The average molecular weight is 237 g/mol. The van der Waals surface area contributed by atoms with E-state index >= 15 is 0 Å². The molecule has 3 nitrogen and oxygen atoms in total. The van der Waals surface area contributed by atoms with Crippen molar-refractivity contribution in [2.45, 2.75) is 26.8 Å². The molecule has 0 saturated heterocycles. The summed E-state index contributed by atoms with van der Waals surface area (Å²) >= 11 is 0. The van der Waals surface area contributed by atoms with Crippen molar-refractivity contribution < 1.29 is 9.47 Å². The van der Waals surface area contributed by atoms with Crippen LogP contribution in [0.3, 0.4) is 0 Å². The predicted octanol–water partition coefficient (Wildman–Crippen LogP) is 2.93. The second-order valence-corrected chi connectivity index (χ2v) is 4.57. The molecule has 0 fully saturated rings. The molecule has 0 radical (unpaired) electrons. The van der Waals surface area contributed by atoms with Crippen molar-refractivity contribution in [2.24, 2.45) is 5.92 Å². The Hall–Kier alpha value is -1.22. The molecule has 3 heteroatoms. The minimum absolute atomic E-state index is 0.329. The maximum absolute atomic E-state index is 5.35. The average Bonchev–Trinajstić information content (AvgIpc) is 2.31. The number of ether oxygens (including phenoxy) is 2. The van der Waals surface area contributed by atoms with Crippen LogP contribution in [-0.4, -0.2) is 21.3 Å². The molecule has 1 unspecified atom stereocenters. The first-order valence-corrected chi connectivity index (χ1v) is 5.94. The maximum atomic E-state index is 5.35. The topological polar surface area (TPSA) is 30.5 Å². The van der Waals surface area contributed by atoms with E-state index in [1.807, 2.05) is 13.1 Å². The zero-order valence-electron chi connectivity index (χ0n) is 11.6. The van der Waals surface area contributed by atoms with Gasteiger partial charge < -0.3 is 14.8 Å². The van der Waals surface area contributed by atoms with Crippen LogP contribution in [0.25, 0.3) is 0 Å². The number of hydrogen-bond donors (Lipinski definition) is 1. The number of aryl methyl sites for hydroxylation is 1. The molecule has 1 atom stereocenters. The Morgan fingerprint density at radius 2 is 1.59 bits per heavy atom. The van der Waals surface area contributed by atoms with Crippen molar-refractivity contribution in [1.29, 1.82) is 0 Å². The molecule has 0 heterocycles. The lowest BCUT2D eigenvalue weighted by Gasteiger charge is -2.24. The Morgan fingerprint density at radius 3 is 2.00 bits per heavy atom. The molecular formula is C14H23NO2.